The molecule has 3 aromatic rings. The Morgan fingerprint density at radius 1 is 1.14 bits per heavy atom. The molecule has 2 aliphatic rings. The van der Waals surface area contributed by atoms with Crippen LogP contribution in [-0.2, 0) is 14.3 Å². The summed E-state index contributed by atoms with van der Waals surface area (Å²) in [6.45, 7) is 7.17. The number of allylic oxidation sites excluding steroid dienone is 1. The molecular formula is C29H32Cl2N6O5. The van der Waals surface area contributed by atoms with E-state index < -0.39 is 0 Å². The highest BCUT2D eigenvalue weighted by atomic mass is 35.5. The number of nitrogens with one attached hydrogen (secondary N) is 2. The van der Waals surface area contributed by atoms with Gasteiger partial charge in [-0.15, -0.1) is 0 Å². The first kappa shape index (κ1) is 29.8. The van der Waals surface area contributed by atoms with E-state index in [0.29, 0.717) is 81.8 Å². The molecule has 1 amide bonds. The van der Waals surface area contributed by atoms with Crippen LogP contribution in [0.1, 0.15) is 19.8 Å². The molecule has 11 nitrogen and oxygen atoms in total. The molecule has 1 unspecified atom stereocenters. The van der Waals surface area contributed by atoms with Crippen LogP contribution in [0, 0.1) is 5.92 Å². The minimum atomic E-state index is -0.219. The molecule has 4 heterocycles. The second kappa shape index (κ2) is 12.7. The largest absolute Gasteiger partial charge is 0.495 e. The number of aromatic nitrogens is 3. The van der Waals surface area contributed by atoms with Gasteiger partial charge in [0, 0.05) is 62.2 Å². The van der Waals surface area contributed by atoms with Gasteiger partial charge in [0.2, 0.25) is 11.9 Å². The van der Waals surface area contributed by atoms with Gasteiger partial charge in [-0.25, -0.2) is 15.0 Å². The third kappa shape index (κ3) is 6.08. The third-order valence-electron chi connectivity index (χ3n) is 7.56. The number of nitrogens with zero attached hydrogens (tertiary/aromatic N) is 4. The van der Waals surface area contributed by atoms with Crippen molar-refractivity contribution < 1.29 is 23.8 Å². The maximum Gasteiger partial charge on any atom is 0.223 e. The molecule has 0 radical (unpaired) electrons. The van der Waals surface area contributed by atoms with Crippen molar-refractivity contribution in [3.63, 3.8) is 0 Å². The van der Waals surface area contributed by atoms with E-state index in [0.717, 1.165) is 6.42 Å². The SMILES string of the molecule is C=CC(=O)C[C@H]1CN(C(C)=O)C[C@H]1Nc1ncc2cc(-c3c(Cl)c(OC)cc(OC)c3Cl)nc(NC3CCOC3)c2n1. The normalized spacial score (nSPS) is 20.0. The number of fused-ring (bicyclic) bond motifs is 1. The summed E-state index contributed by atoms with van der Waals surface area (Å²) in [6, 6.07) is 3.24. The van der Waals surface area contributed by atoms with E-state index in [1.165, 1.54) is 27.2 Å². The van der Waals surface area contributed by atoms with E-state index in [9.17, 15) is 9.59 Å². The predicted molar refractivity (Wildman–Crippen MR) is 162 cm³/mol. The lowest BCUT2D eigenvalue weighted by atomic mass is 9.97. The monoisotopic (exact) mass is 614 g/mol. The number of benzene rings is 1. The molecule has 3 atom stereocenters. The molecule has 2 N–H and O–H groups in total. The second-order valence-corrected chi connectivity index (χ2v) is 11.0. The average molecular weight is 616 g/mol. The van der Waals surface area contributed by atoms with Crippen LogP contribution in [0.4, 0.5) is 11.8 Å². The van der Waals surface area contributed by atoms with Crippen molar-refractivity contribution in [1.29, 1.82) is 0 Å². The first-order chi connectivity index (χ1) is 20.2. The van der Waals surface area contributed by atoms with Crippen LogP contribution >= 0.6 is 23.2 Å². The van der Waals surface area contributed by atoms with E-state index in [-0.39, 0.29) is 36.1 Å². The van der Waals surface area contributed by atoms with Crippen molar-refractivity contribution >= 4 is 57.6 Å². The second-order valence-electron chi connectivity index (χ2n) is 10.3. The minimum absolute atomic E-state index is 0.0290. The molecule has 5 rings (SSSR count). The van der Waals surface area contributed by atoms with Gasteiger partial charge in [0.25, 0.3) is 0 Å². The predicted octanol–water partition coefficient (Wildman–Crippen LogP) is 4.62. The number of methoxy groups -OCH3 is 2. The summed E-state index contributed by atoms with van der Waals surface area (Å²) in [5.74, 6) is 1.41. The number of ether oxygens (including phenoxy) is 3. The van der Waals surface area contributed by atoms with Gasteiger partial charge in [0.15, 0.2) is 11.6 Å². The average Bonchev–Trinajstić information content (AvgIpc) is 3.63. The highest BCUT2D eigenvalue weighted by molar-refractivity contribution is 6.41. The summed E-state index contributed by atoms with van der Waals surface area (Å²) in [5.41, 5.74) is 1.51. The first-order valence-corrected chi connectivity index (χ1v) is 14.3. The maximum atomic E-state index is 12.2. The number of anilines is 2. The van der Waals surface area contributed by atoms with E-state index in [1.807, 2.05) is 0 Å². The minimum Gasteiger partial charge on any atom is -0.495 e. The highest BCUT2D eigenvalue weighted by Crippen LogP contribution is 2.46. The fraction of sp³-hybridized carbons (Fsp3) is 0.414. The van der Waals surface area contributed by atoms with Gasteiger partial charge in [-0.05, 0) is 18.6 Å². The topological polar surface area (TPSA) is 128 Å². The number of carbonyl (C=O) groups is 2. The molecule has 13 heteroatoms. The first-order valence-electron chi connectivity index (χ1n) is 13.5. The summed E-state index contributed by atoms with van der Waals surface area (Å²) < 4.78 is 16.5. The Hall–Kier alpha value is -3.67. The van der Waals surface area contributed by atoms with Crippen LogP contribution in [0.25, 0.3) is 22.2 Å². The van der Waals surface area contributed by atoms with Gasteiger partial charge < -0.3 is 29.7 Å². The number of amides is 1. The lowest BCUT2D eigenvalue weighted by molar-refractivity contribution is -0.128. The summed E-state index contributed by atoms with van der Waals surface area (Å²) >= 11 is 13.4. The molecule has 1 aromatic carbocycles. The molecule has 2 aliphatic heterocycles. The Balaban J connectivity index is 1.56. The van der Waals surface area contributed by atoms with Crippen molar-refractivity contribution in [2.45, 2.75) is 31.8 Å². The lowest BCUT2D eigenvalue weighted by Crippen LogP contribution is -2.31. The van der Waals surface area contributed by atoms with Gasteiger partial charge in [-0.1, -0.05) is 29.8 Å². The summed E-state index contributed by atoms with van der Waals surface area (Å²) in [6.07, 6.45) is 4.07. The van der Waals surface area contributed by atoms with Crippen molar-refractivity contribution in [3.8, 4) is 22.8 Å². The number of pyridine rings is 1. The molecule has 0 bridgehead atoms. The number of halogens is 2. The summed E-state index contributed by atoms with van der Waals surface area (Å²) in [5, 5.41) is 8.09. The third-order valence-corrected chi connectivity index (χ3v) is 8.31. The quantitative estimate of drug-likeness (QED) is 0.312. The van der Waals surface area contributed by atoms with E-state index in [4.69, 9.17) is 47.4 Å². The number of carbonyl (C=O) groups excluding carboxylic acids is 2. The van der Waals surface area contributed by atoms with Gasteiger partial charge in [0.05, 0.1) is 48.6 Å². The molecule has 2 aromatic heterocycles. The van der Waals surface area contributed by atoms with Crippen LogP contribution in [0.15, 0.2) is 31.0 Å². The van der Waals surface area contributed by atoms with Crippen LogP contribution in [-0.4, -0.2) is 84.1 Å². The van der Waals surface area contributed by atoms with E-state index in [2.05, 4.69) is 22.2 Å². The number of rotatable bonds is 10. The fourth-order valence-corrected chi connectivity index (χ4v) is 5.99. The number of hydrogen-bond acceptors (Lipinski definition) is 10. The van der Waals surface area contributed by atoms with Gasteiger partial charge >= 0.3 is 0 Å². The Labute approximate surface area is 253 Å². The smallest absolute Gasteiger partial charge is 0.223 e. The van der Waals surface area contributed by atoms with Crippen LogP contribution in [0.3, 0.4) is 0 Å². The fourth-order valence-electron chi connectivity index (χ4n) is 5.30. The maximum absolute atomic E-state index is 12.2. The van der Waals surface area contributed by atoms with Crippen molar-refractivity contribution in [2.75, 3.05) is 51.2 Å². The van der Waals surface area contributed by atoms with Gasteiger partial charge in [-0.2, -0.15) is 0 Å². The van der Waals surface area contributed by atoms with Crippen LogP contribution < -0.4 is 20.1 Å². The van der Waals surface area contributed by atoms with Gasteiger partial charge in [-0.3, -0.25) is 9.59 Å². The molecule has 222 valence electrons. The molecule has 42 heavy (non-hydrogen) atoms. The van der Waals surface area contributed by atoms with Gasteiger partial charge in [0.1, 0.15) is 17.0 Å². The van der Waals surface area contributed by atoms with Crippen LogP contribution in [0.5, 0.6) is 11.5 Å². The zero-order chi connectivity index (χ0) is 30.0. The summed E-state index contributed by atoms with van der Waals surface area (Å²) in [7, 11) is 3.03. The summed E-state index contributed by atoms with van der Waals surface area (Å²) in [4.78, 5) is 40.3. The Morgan fingerprint density at radius 2 is 1.88 bits per heavy atom. The number of likely N-dealkylation sites (tertiary alicyclic amines) is 1. The molecule has 0 saturated carbocycles. The number of ketones is 1. The van der Waals surface area contributed by atoms with Crippen molar-refractivity contribution in [3.05, 3.63) is 41.0 Å². The molecular weight excluding hydrogens is 583 g/mol. The van der Waals surface area contributed by atoms with E-state index in [1.54, 1.807) is 23.2 Å². The lowest BCUT2D eigenvalue weighted by Gasteiger charge is -2.20. The molecule has 0 spiro atoms. The molecule has 0 aliphatic carbocycles. The highest BCUT2D eigenvalue weighted by Gasteiger charge is 2.35. The van der Waals surface area contributed by atoms with E-state index >= 15 is 0 Å². The standard InChI is InChI=1S/C29H32Cl2N6O5/c1-5-19(39)8-17-12-37(15(2)38)13-21(17)35-29-32-11-16-9-20(24-25(30)22(40-3)10-23(41-4)26(24)31)34-28(27(16)36-29)33-18-6-7-42-14-18/h5,9-11,17-18,21H,1,6-8,12-14H2,2-4H3,(H,33,34)(H,32,35,36)/t17-,18?,21+/m0/s1. The zero-order valence-corrected chi connectivity index (χ0v) is 25.1. The molecule has 2 fully saturated rings. The van der Waals surface area contributed by atoms with Crippen LogP contribution in [0.2, 0.25) is 10.0 Å². The van der Waals surface area contributed by atoms with Crippen molar-refractivity contribution in [2.24, 2.45) is 5.92 Å². The Bertz CT molecular complexity index is 1500. The number of hydrogen-bond donors (Lipinski definition) is 2. The van der Waals surface area contributed by atoms with Crippen molar-refractivity contribution in [1.82, 2.24) is 19.9 Å². The Kier molecular flexibility index (Phi) is 9.00. The molecule has 2 saturated heterocycles. The zero-order valence-electron chi connectivity index (χ0n) is 23.6. The Morgan fingerprint density at radius 3 is 2.50 bits per heavy atom.